The summed E-state index contributed by atoms with van der Waals surface area (Å²) in [5, 5.41) is 10.5. The molecule has 0 saturated carbocycles. The molecule has 0 bridgehead atoms. The molecular weight excluding hydrogens is 484 g/mol. The molecule has 4 heterocycles. The van der Waals surface area contributed by atoms with Gasteiger partial charge in [0, 0.05) is 84.2 Å². The molecular formula is C28H42N6O4. The van der Waals surface area contributed by atoms with Crippen LogP contribution in [0.4, 0.5) is 5.69 Å². The Bertz CT molecular complexity index is 1030. The topological polar surface area (TPSA) is 88.8 Å². The smallest absolute Gasteiger partial charge is 0.275 e. The molecule has 3 saturated heterocycles. The summed E-state index contributed by atoms with van der Waals surface area (Å²) < 4.78 is 11.1. The molecule has 2 aromatic rings. The number of rotatable bonds is 9. The number of aliphatic hydroxyl groups is 1. The normalized spacial score (nSPS) is 21.1. The number of nitrogens with zero attached hydrogens (tertiary/aromatic N) is 6. The Balaban J connectivity index is 1.04. The highest BCUT2D eigenvalue weighted by Crippen LogP contribution is 2.23. The Labute approximate surface area is 225 Å². The van der Waals surface area contributed by atoms with E-state index in [-0.39, 0.29) is 12.0 Å². The van der Waals surface area contributed by atoms with E-state index in [9.17, 15) is 9.90 Å². The van der Waals surface area contributed by atoms with Gasteiger partial charge in [-0.3, -0.25) is 19.5 Å². The molecule has 10 heteroatoms. The summed E-state index contributed by atoms with van der Waals surface area (Å²) in [5.74, 6) is 0.534. The number of para-hydroxylation sites is 1. The van der Waals surface area contributed by atoms with Gasteiger partial charge in [0.05, 0.1) is 25.9 Å². The Morgan fingerprint density at radius 2 is 1.58 bits per heavy atom. The van der Waals surface area contributed by atoms with Crippen molar-refractivity contribution in [3.63, 3.8) is 0 Å². The van der Waals surface area contributed by atoms with E-state index in [0.717, 1.165) is 72.0 Å². The van der Waals surface area contributed by atoms with Gasteiger partial charge in [0.15, 0.2) is 5.69 Å². The van der Waals surface area contributed by atoms with Crippen LogP contribution < -0.4 is 4.90 Å². The fourth-order valence-electron chi connectivity index (χ4n) is 5.67. The van der Waals surface area contributed by atoms with E-state index in [1.807, 2.05) is 4.90 Å². The Kier molecular flexibility index (Phi) is 9.29. The van der Waals surface area contributed by atoms with Crippen molar-refractivity contribution in [3.8, 4) is 0 Å². The summed E-state index contributed by atoms with van der Waals surface area (Å²) in [7, 11) is 0. The first-order valence-electron chi connectivity index (χ1n) is 14.1. The van der Waals surface area contributed by atoms with Crippen LogP contribution in [0.25, 0.3) is 0 Å². The second kappa shape index (κ2) is 13.0. The predicted octanol–water partition coefficient (Wildman–Crippen LogP) is 1.01. The largest absolute Gasteiger partial charge is 0.447 e. The summed E-state index contributed by atoms with van der Waals surface area (Å²) in [6.45, 7) is 14.0. The maximum absolute atomic E-state index is 13.1. The van der Waals surface area contributed by atoms with Crippen LogP contribution >= 0.6 is 0 Å². The highest BCUT2D eigenvalue weighted by Gasteiger charge is 2.26. The van der Waals surface area contributed by atoms with Crippen LogP contribution in [0.3, 0.4) is 0 Å². The molecule has 0 spiro atoms. The highest BCUT2D eigenvalue weighted by molar-refractivity contribution is 5.92. The molecule has 5 rings (SSSR count). The number of anilines is 1. The van der Waals surface area contributed by atoms with Crippen LogP contribution in [0.1, 0.15) is 28.9 Å². The third-order valence-electron chi connectivity index (χ3n) is 7.92. The van der Waals surface area contributed by atoms with E-state index in [1.54, 1.807) is 0 Å². The third-order valence-corrected chi connectivity index (χ3v) is 7.92. The average Bonchev–Trinajstić information content (AvgIpc) is 3.43. The van der Waals surface area contributed by atoms with Gasteiger partial charge in [0.1, 0.15) is 6.26 Å². The van der Waals surface area contributed by atoms with Crippen molar-refractivity contribution in [2.75, 3.05) is 96.7 Å². The van der Waals surface area contributed by atoms with E-state index < -0.39 is 0 Å². The molecule has 1 aromatic heterocycles. The van der Waals surface area contributed by atoms with Gasteiger partial charge in [-0.05, 0) is 18.1 Å². The molecule has 0 unspecified atom stereocenters. The minimum Gasteiger partial charge on any atom is -0.447 e. The molecule has 208 valence electrons. The molecule has 1 atom stereocenters. The standard InChI is InChI=1S/C28H42N6O4/c1-2-23-5-3-4-6-26(23)33-11-13-34(14-12-33)28(36)25-22-38-27(29-25)21-31-9-7-30(8-10-31)19-24(35)20-32-15-17-37-18-16-32/h3-6,22,24,35H,2,7-21H2,1H3/t24-/m0/s1. The lowest BCUT2D eigenvalue weighted by Gasteiger charge is -2.36. The van der Waals surface area contributed by atoms with Gasteiger partial charge in [-0.15, -0.1) is 0 Å². The second-order valence-electron chi connectivity index (χ2n) is 10.5. The van der Waals surface area contributed by atoms with Crippen molar-refractivity contribution in [1.82, 2.24) is 24.6 Å². The van der Waals surface area contributed by atoms with E-state index in [1.165, 1.54) is 17.5 Å². The first-order chi connectivity index (χ1) is 18.6. The van der Waals surface area contributed by atoms with Crippen molar-refractivity contribution in [2.45, 2.75) is 26.0 Å². The fraction of sp³-hybridized carbons (Fsp3) is 0.643. The Hall–Kier alpha value is -2.50. The van der Waals surface area contributed by atoms with Gasteiger partial charge >= 0.3 is 0 Å². The number of oxazole rings is 1. The number of aliphatic hydroxyl groups excluding tert-OH is 1. The molecule has 1 amide bonds. The number of aromatic nitrogens is 1. The lowest BCUT2D eigenvalue weighted by atomic mass is 10.1. The van der Waals surface area contributed by atoms with Gasteiger partial charge in [-0.1, -0.05) is 25.1 Å². The number of ether oxygens (including phenoxy) is 1. The fourth-order valence-corrected chi connectivity index (χ4v) is 5.67. The van der Waals surface area contributed by atoms with Crippen molar-refractivity contribution >= 4 is 11.6 Å². The number of β-amino-alcohol motifs (C(OH)–C–C–N with tert-alkyl or cyclic N) is 1. The van der Waals surface area contributed by atoms with Crippen molar-refractivity contribution < 1.29 is 19.1 Å². The lowest BCUT2D eigenvalue weighted by Crippen LogP contribution is -2.50. The molecule has 3 aliphatic rings. The second-order valence-corrected chi connectivity index (χ2v) is 10.5. The highest BCUT2D eigenvalue weighted by atomic mass is 16.5. The average molecular weight is 527 g/mol. The molecule has 1 N–H and O–H groups in total. The van der Waals surface area contributed by atoms with Gasteiger partial charge < -0.3 is 24.1 Å². The molecule has 38 heavy (non-hydrogen) atoms. The molecule has 1 aromatic carbocycles. The Morgan fingerprint density at radius 1 is 0.921 bits per heavy atom. The number of hydrogen-bond donors (Lipinski definition) is 1. The van der Waals surface area contributed by atoms with E-state index >= 15 is 0 Å². The predicted molar refractivity (Wildman–Crippen MR) is 145 cm³/mol. The molecule has 3 fully saturated rings. The summed E-state index contributed by atoms with van der Waals surface area (Å²) in [6.07, 6.45) is 2.17. The Morgan fingerprint density at radius 3 is 2.29 bits per heavy atom. The minimum atomic E-state index is -0.344. The molecule has 3 aliphatic heterocycles. The van der Waals surface area contributed by atoms with Gasteiger partial charge in [-0.2, -0.15) is 0 Å². The summed E-state index contributed by atoms with van der Waals surface area (Å²) in [5.41, 5.74) is 3.02. The number of morpholine rings is 1. The van der Waals surface area contributed by atoms with Crippen LogP contribution in [0.2, 0.25) is 0 Å². The van der Waals surface area contributed by atoms with Crippen LogP contribution in [-0.4, -0.2) is 133 Å². The monoisotopic (exact) mass is 526 g/mol. The first kappa shape index (κ1) is 27.1. The zero-order chi connectivity index (χ0) is 26.3. The molecule has 0 aliphatic carbocycles. The number of carbonyl (C=O) groups excluding carboxylic acids is 1. The number of carbonyl (C=O) groups is 1. The summed E-state index contributed by atoms with van der Waals surface area (Å²) >= 11 is 0. The van der Waals surface area contributed by atoms with Crippen LogP contribution in [-0.2, 0) is 17.7 Å². The number of benzene rings is 1. The number of aryl methyl sites for hydroxylation is 1. The third kappa shape index (κ3) is 6.92. The zero-order valence-corrected chi connectivity index (χ0v) is 22.6. The van der Waals surface area contributed by atoms with E-state index in [4.69, 9.17) is 9.15 Å². The molecule has 10 nitrogen and oxygen atoms in total. The van der Waals surface area contributed by atoms with Crippen LogP contribution in [0.5, 0.6) is 0 Å². The first-order valence-corrected chi connectivity index (χ1v) is 14.1. The van der Waals surface area contributed by atoms with Crippen LogP contribution in [0.15, 0.2) is 34.9 Å². The summed E-state index contributed by atoms with van der Waals surface area (Å²) in [4.78, 5) is 28.8. The zero-order valence-electron chi connectivity index (χ0n) is 22.6. The van der Waals surface area contributed by atoms with Gasteiger partial charge in [0.2, 0.25) is 5.89 Å². The summed E-state index contributed by atoms with van der Waals surface area (Å²) in [6, 6.07) is 8.52. The SMILES string of the molecule is CCc1ccccc1N1CCN(C(=O)c2coc(CN3CCN(C[C@H](O)CN4CCOCC4)CC3)n2)CC1. The number of hydrogen-bond acceptors (Lipinski definition) is 9. The van der Waals surface area contributed by atoms with Crippen molar-refractivity contribution in [2.24, 2.45) is 0 Å². The van der Waals surface area contributed by atoms with Gasteiger partial charge in [0.25, 0.3) is 5.91 Å². The van der Waals surface area contributed by atoms with E-state index in [0.29, 0.717) is 44.3 Å². The maximum atomic E-state index is 13.1. The maximum Gasteiger partial charge on any atom is 0.275 e. The number of amides is 1. The minimum absolute atomic E-state index is 0.0532. The van der Waals surface area contributed by atoms with E-state index in [2.05, 4.69) is 55.8 Å². The van der Waals surface area contributed by atoms with Crippen molar-refractivity contribution in [1.29, 1.82) is 0 Å². The lowest BCUT2D eigenvalue weighted by molar-refractivity contribution is 0.00187. The van der Waals surface area contributed by atoms with Gasteiger partial charge in [-0.25, -0.2) is 4.98 Å². The molecule has 0 radical (unpaired) electrons. The quantitative estimate of drug-likeness (QED) is 0.514. The number of piperazine rings is 2. The van der Waals surface area contributed by atoms with Crippen LogP contribution in [0, 0.1) is 0 Å². The van der Waals surface area contributed by atoms with Crippen molar-refractivity contribution in [3.05, 3.63) is 47.7 Å².